The Labute approximate surface area is 72.7 Å². The number of nitrogens with two attached hydrogens (primary N) is 1. The molecular formula is C8H16N2O2. The Morgan fingerprint density at radius 1 is 1.75 bits per heavy atom. The van der Waals surface area contributed by atoms with E-state index in [1.807, 2.05) is 6.92 Å². The third-order valence-electron chi connectivity index (χ3n) is 2.07. The highest BCUT2D eigenvalue weighted by Crippen LogP contribution is 2.06. The molecule has 4 nitrogen and oxygen atoms in total. The SMILES string of the molecule is CC1COCCCN1C(=O)CN. The zero-order chi connectivity index (χ0) is 8.97. The average Bonchev–Trinajstić information content (AvgIpc) is 2.28. The number of amides is 1. The molecule has 0 aliphatic carbocycles. The van der Waals surface area contributed by atoms with Gasteiger partial charge < -0.3 is 15.4 Å². The molecule has 12 heavy (non-hydrogen) atoms. The minimum atomic E-state index is 0.0213. The van der Waals surface area contributed by atoms with Gasteiger partial charge in [-0.15, -0.1) is 0 Å². The van der Waals surface area contributed by atoms with Gasteiger partial charge in [0.1, 0.15) is 0 Å². The Bertz CT molecular complexity index is 161. The molecule has 1 fully saturated rings. The Morgan fingerprint density at radius 3 is 3.17 bits per heavy atom. The summed E-state index contributed by atoms with van der Waals surface area (Å²) in [6.07, 6.45) is 0.913. The Kier molecular flexibility index (Phi) is 3.49. The van der Waals surface area contributed by atoms with Gasteiger partial charge in [0.25, 0.3) is 0 Å². The minimum absolute atomic E-state index is 0.0213. The molecule has 1 amide bonds. The first kappa shape index (κ1) is 9.48. The van der Waals surface area contributed by atoms with Crippen LogP contribution in [0.3, 0.4) is 0 Å². The van der Waals surface area contributed by atoms with Gasteiger partial charge in [-0.25, -0.2) is 0 Å². The van der Waals surface area contributed by atoms with E-state index in [0.29, 0.717) is 6.61 Å². The number of ether oxygens (including phenoxy) is 1. The van der Waals surface area contributed by atoms with E-state index in [2.05, 4.69) is 0 Å². The molecule has 4 heteroatoms. The van der Waals surface area contributed by atoms with Crippen LogP contribution in [0.1, 0.15) is 13.3 Å². The Hall–Kier alpha value is -0.610. The van der Waals surface area contributed by atoms with Gasteiger partial charge in [0.2, 0.25) is 5.91 Å². The molecule has 1 rings (SSSR count). The van der Waals surface area contributed by atoms with Crippen LogP contribution >= 0.6 is 0 Å². The fourth-order valence-corrected chi connectivity index (χ4v) is 1.39. The van der Waals surface area contributed by atoms with Crippen molar-refractivity contribution in [1.82, 2.24) is 4.90 Å². The summed E-state index contributed by atoms with van der Waals surface area (Å²) in [7, 11) is 0. The topological polar surface area (TPSA) is 55.6 Å². The zero-order valence-corrected chi connectivity index (χ0v) is 7.45. The molecule has 0 aromatic rings. The van der Waals surface area contributed by atoms with E-state index in [4.69, 9.17) is 10.5 Å². The van der Waals surface area contributed by atoms with Crippen molar-refractivity contribution < 1.29 is 9.53 Å². The summed E-state index contributed by atoms with van der Waals surface area (Å²) >= 11 is 0. The van der Waals surface area contributed by atoms with Crippen molar-refractivity contribution in [2.45, 2.75) is 19.4 Å². The van der Waals surface area contributed by atoms with Crippen molar-refractivity contribution in [2.75, 3.05) is 26.3 Å². The first-order valence-corrected chi connectivity index (χ1v) is 4.33. The monoisotopic (exact) mass is 172 g/mol. The smallest absolute Gasteiger partial charge is 0.236 e. The first-order valence-electron chi connectivity index (χ1n) is 4.33. The van der Waals surface area contributed by atoms with Gasteiger partial charge in [-0.1, -0.05) is 0 Å². The van der Waals surface area contributed by atoms with Crippen LogP contribution in [0.5, 0.6) is 0 Å². The van der Waals surface area contributed by atoms with Crippen molar-refractivity contribution in [2.24, 2.45) is 5.73 Å². The molecule has 1 atom stereocenters. The quantitative estimate of drug-likeness (QED) is 0.584. The van der Waals surface area contributed by atoms with E-state index >= 15 is 0 Å². The third kappa shape index (κ3) is 2.19. The van der Waals surface area contributed by atoms with E-state index in [9.17, 15) is 4.79 Å². The van der Waals surface area contributed by atoms with Gasteiger partial charge in [-0.2, -0.15) is 0 Å². The highest BCUT2D eigenvalue weighted by atomic mass is 16.5. The van der Waals surface area contributed by atoms with E-state index in [0.717, 1.165) is 19.6 Å². The van der Waals surface area contributed by atoms with Crippen molar-refractivity contribution in [3.63, 3.8) is 0 Å². The number of rotatable bonds is 1. The van der Waals surface area contributed by atoms with Crippen molar-refractivity contribution >= 4 is 5.91 Å². The van der Waals surface area contributed by atoms with Crippen LogP contribution in [-0.4, -0.2) is 43.2 Å². The van der Waals surface area contributed by atoms with E-state index < -0.39 is 0 Å². The fourth-order valence-electron chi connectivity index (χ4n) is 1.39. The normalized spacial score (nSPS) is 25.2. The summed E-state index contributed by atoms with van der Waals surface area (Å²) in [4.78, 5) is 13.1. The number of carbonyl (C=O) groups excluding carboxylic acids is 1. The van der Waals surface area contributed by atoms with E-state index in [-0.39, 0.29) is 18.5 Å². The lowest BCUT2D eigenvalue weighted by Gasteiger charge is -2.25. The maximum absolute atomic E-state index is 11.3. The highest BCUT2D eigenvalue weighted by Gasteiger charge is 2.20. The maximum atomic E-state index is 11.3. The van der Waals surface area contributed by atoms with Crippen molar-refractivity contribution in [1.29, 1.82) is 0 Å². The van der Waals surface area contributed by atoms with Gasteiger partial charge in [0.15, 0.2) is 0 Å². The predicted molar refractivity (Wildman–Crippen MR) is 45.7 cm³/mol. The largest absolute Gasteiger partial charge is 0.379 e. The lowest BCUT2D eigenvalue weighted by Crippen LogP contribution is -2.43. The first-order chi connectivity index (χ1) is 5.75. The van der Waals surface area contributed by atoms with E-state index in [1.165, 1.54) is 0 Å². The standard InChI is InChI=1S/C8H16N2O2/c1-7-6-12-4-2-3-10(7)8(11)5-9/h7H,2-6,9H2,1H3. The van der Waals surface area contributed by atoms with Crippen LogP contribution in [-0.2, 0) is 9.53 Å². The summed E-state index contributed by atoms with van der Waals surface area (Å²) in [6.45, 7) is 4.24. The second kappa shape index (κ2) is 4.42. The number of hydrogen-bond donors (Lipinski definition) is 1. The molecule has 0 aromatic heterocycles. The molecule has 0 bridgehead atoms. The highest BCUT2D eigenvalue weighted by molar-refractivity contribution is 5.78. The van der Waals surface area contributed by atoms with Crippen LogP contribution in [0.25, 0.3) is 0 Å². The summed E-state index contributed by atoms with van der Waals surface area (Å²) in [5, 5.41) is 0. The second-order valence-electron chi connectivity index (χ2n) is 3.07. The molecule has 0 aromatic carbocycles. The van der Waals surface area contributed by atoms with Crippen LogP contribution in [0.15, 0.2) is 0 Å². The second-order valence-corrected chi connectivity index (χ2v) is 3.07. The summed E-state index contributed by atoms with van der Waals surface area (Å²) in [5.74, 6) is 0.0213. The predicted octanol–water partition coefficient (Wildman–Crippen LogP) is -0.417. The van der Waals surface area contributed by atoms with Crippen molar-refractivity contribution in [3.8, 4) is 0 Å². The van der Waals surface area contributed by atoms with Crippen LogP contribution in [0.2, 0.25) is 0 Å². The van der Waals surface area contributed by atoms with Gasteiger partial charge >= 0.3 is 0 Å². The van der Waals surface area contributed by atoms with Crippen LogP contribution < -0.4 is 5.73 Å². The number of carbonyl (C=O) groups is 1. The average molecular weight is 172 g/mol. The molecule has 0 spiro atoms. The third-order valence-corrected chi connectivity index (χ3v) is 2.07. The summed E-state index contributed by atoms with van der Waals surface area (Å²) in [5.41, 5.74) is 5.28. The molecule has 1 unspecified atom stereocenters. The molecule has 70 valence electrons. The molecule has 2 N–H and O–H groups in total. The van der Waals surface area contributed by atoms with Gasteiger partial charge in [0.05, 0.1) is 19.2 Å². The Balaban J connectivity index is 2.52. The zero-order valence-electron chi connectivity index (χ0n) is 7.45. The van der Waals surface area contributed by atoms with Gasteiger partial charge in [-0.05, 0) is 13.3 Å². The molecule has 0 saturated carbocycles. The molecule has 0 radical (unpaired) electrons. The molecular weight excluding hydrogens is 156 g/mol. The molecule has 1 saturated heterocycles. The maximum Gasteiger partial charge on any atom is 0.236 e. The summed E-state index contributed by atoms with van der Waals surface area (Å²) < 4.78 is 5.30. The number of hydrogen-bond acceptors (Lipinski definition) is 3. The lowest BCUT2D eigenvalue weighted by molar-refractivity contribution is -0.131. The Morgan fingerprint density at radius 2 is 2.50 bits per heavy atom. The minimum Gasteiger partial charge on any atom is -0.379 e. The molecule has 1 aliphatic heterocycles. The molecule has 1 aliphatic rings. The van der Waals surface area contributed by atoms with Crippen LogP contribution in [0.4, 0.5) is 0 Å². The summed E-state index contributed by atoms with van der Waals surface area (Å²) in [6, 6.07) is 0.170. The fraction of sp³-hybridized carbons (Fsp3) is 0.875. The lowest BCUT2D eigenvalue weighted by atomic mass is 10.3. The van der Waals surface area contributed by atoms with Crippen LogP contribution in [0, 0.1) is 0 Å². The van der Waals surface area contributed by atoms with Gasteiger partial charge in [0, 0.05) is 13.2 Å². The number of nitrogens with zero attached hydrogens (tertiary/aromatic N) is 1. The van der Waals surface area contributed by atoms with E-state index in [1.54, 1.807) is 4.90 Å². The molecule has 1 heterocycles. The van der Waals surface area contributed by atoms with Crippen molar-refractivity contribution in [3.05, 3.63) is 0 Å². The van der Waals surface area contributed by atoms with Gasteiger partial charge in [-0.3, -0.25) is 4.79 Å².